The molecule has 0 aromatic heterocycles. The summed E-state index contributed by atoms with van der Waals surface area (Å²) < 4.78 is 0. The highest BCUT2D eigenvalue weighted by Gasteiger charge is 2.56. The van der Waals surface area contributed by atoms with Gasteiger partial charge in [-0.2, -0.15) is 0 Å². The highest BCUT2D eigenvalue weighted by atomic mass is 35.5. The van der Waals surface area contributed by atoms with E-state index in [2.05, 4.69) is 21.2 Å². The summed E-state index contributed by atoms with van der Waals surface area (Å²) in [6.45, 7) is 6.64. The summed E-state index contributed by atoms with van der Waals surface area (Å²) in [5, 5.41) is 3.68. The molecule has 140 valence electrons. The highest BCUT2D eigenvalue weighted by molar-refractivity contribution is 6.30. The van der Waals surface area contributed by atoms with Crippen molar-refractivity contribution in [2.45, 2.75) is 31.8 Å². The van der Waals surface area contributed by atoms with Gasteiger partial charge in [0.1, 0.15) is 5.54 Å². The molecule has 0 radical (unpaired) electrons. The van der Waals surface area contributed by atoms with E-state index in [-0.39, 0.29) is 11.9 Å². The predicted octanol–water partition coefficient (Wildman–Crippen LogP) is 2.14. The van der Waals surface area contributed by atoms with Crippen molar-refractivity contribution in [3.05, 3.63) is 34.9 Å². The van der Waals surface area contributed by atoms with Gasteiger partial charge in [-0.15, -0.1) is 0 Å². The van der Waals surface area contributed by atoms with Crippen molar-refractivity contribution < 1.29 is 9.59 Å². The van der Waals surface area contributed by atoms with E-state index in [0.29, 0.717) is 12.6 Å². The minimum atomic E-state index is -0.689. The number of imide groups is 1. The number of amides is 3. The fraction of sp³-hybridized carbons (Fsp3) is 0.579. The van der Waals surface area contributed by atoms with Crippen molar-refractivity contribution >= 4 is 23.5 Å². The van der Waals surface area contributed by atoms with Crippen LogP contribution in [0.5, 0.6) is 0 Å². The molecule has 7 heteroatoms. The molecule has 3 aliphatic rings. The van der Waals surface area contributed by atoms with Crippen LogP contribution in [-0.4, -0.2) is 65.0 Å². The van der Waals surface area contributed by atoms with Crippen LogP contribution in [0.1, 0.15) is 25.3 Å². The largest absolute Gasteiger partial charge is 0.326 e. The molecule has 1 saturated carbocycles. The molecule has 3 fully saturated rings. The van der Waals surface area contributed by atoms with Crippen molar-refractivity contribution in [3.8, 4) is 0 Å². The van der Waals surface area contributed by atoms with Gasteiger partial charge in [-0.3, -0.25) is 14.6 Å². The van der Waals surface area contributed by atoms with E-state index in [4.69, 9.17) is 11.6 Å². The van der Waals surface area contributed by atoms with Crippen LogP contribution in [0.2, 0.25) is 5.02 Å². The van der Waals surface area contributed by atoms with Crippen LogP contribution in [-0.2, 0) is 11.3 Å². The number of nitrogens with zero attached hydrogens (tertiary/aromatic N) is 3. The monoisotopic (exact) mass is 376 g/mol. The number of nitrogens with one attached hydrogen (secondary N) is 1. The van der Waals surface area contributed by atoms with Crippen LogP contribution in [0, 0.1) is 5.92 Å². The standard InChI is InChI=1S/C19H25ClN4O2/c1-19(15-5-6-15)17(25)24(18(26)21-19)13-23-9-7-22(8-10-23)12-14-3-2-4-16(20)11-14/h2-4,11,15H,5-10,12-13H2,1H3,(H,21,26)/t19-/m1/s1. The number of hydrogen-bond acceptors (Lipinski definition) is 4. The first-order valence-electron chi connectivity index (χ1n) is 9.29. The lowest BCUT2D eigenvalue weighted by atomic mass is 9.96. The van der Waals surface area contributed by atoms with E-state index in [0.717, 1.165) is 50.6 Å². The smallest absolute Gasteiger partial charge is 0.323 e. The van der Waals surface area contributed by atoms with Gasteiger partial charge in [-0.05, 0) is 43.4 Å². The molecule has 2 heterocycles. The average molecular weight is 377 g/mol. The Bertz CT molecular complexity index is 715. The van der Waals surface area contributed by atoms with Gasteiger partial charge in [0.05, 0.1) is 6.67 Å². The van der Waals surface area contributed by atoms with E-state index in [1.807, 2.05) is 25.1 Å². The SMILES string of the molecule is C[C@]1(C2CC2)NC(=O)N(CN2CCN(Cc3cccc(Cl)c3)CC2)C1=O. The zero-order valence-electron chi connectivity index (χ0n) is 15.1. The van der Waals surface area contributed by atoms with Crippen LogP contribution in [0.25, 0.3) is 0 Å². The zero-order chi connectivity index (χ0) is 18.3. The number of urea groups is 1. The first-order valence-corrected chi connectivity index (χ1v) is 9.67. The van der Waals surface area contributed by atoms with E-state index >= 15 is 0 Å². The van der Waals surface area contributed by atoms with Crippen LogP contribution in [0.4, 0.5) is 4.79 Å². The normalized spacial score (nSPS) is 27.8. The molecule has 1 aliphatic carbocycles. The second-order valence-electron chi connectivity index (χ2n) is 7.81. The molecule has 2 aliphatic heterocycles. The van der Waals surface area contributed by atoms with E-state index in [9.17, 15) is 9.59 Å². The molecular weight excluding hydrogens is 352 g/mol. The number of hydrogen-bond donors (Lipinski definition) is 1. The van der Waals surface area contributed by atoms with Crippen LogP contribution in [0.15, 0.2) is 24.3 Å². The molecule has 1 N–H and O–H groups in total. The number of rotatable bonds is 5. The molecule has 3 amide bonds. The Labute approximate surface area is 159 Å². The highest BCUT2D eigenvalue weighted by Crippen LogP contribution is 2.42. The number of carbonyl (C=O) groups excluding carboxylic acids is 2. The lowest BCUT2D eigenvalue weighted by Crippen LogP contribution is -2.51. The molecule has 1 aromatic carbocycles. The Morgan fingerprint density at radius 2 is 1.85 bits per heavy atom. The summed E-state index contributed by atoms with van der Waals surface area (Å²) in [5.41, 5.74) is 0.520. The summed E-state index contributed by atoms with van der Waals surface area (Å²) in [4.78, 5) is 31.0. The number of piperazine rings is 1. The summed E-state index contributed by atoms with van der Waals surface area (Å²) in [6.07, 6.45) is 2.05. The minimum absolute atomic E-state index is 0.0636. The molecule has 4 rings (SSSR count). The van der Waals surface area contributed by atoms with Gasteiger partial charge in [0.2, 0.25) is 0 Å². The Morgan fingerprint density at radius 3 is 2.50 bits per heavy atom. The second-order valence-corrected chi connectivity index (χ2v) is 8.24. The third kappa shape index (κ3) is 3.46. The number of benzene rings is 1. The molecule has 0 bridgehead atoms. The summed E-state index contributed by atoms with van der Waals surface area (Å²) in [5.74, 6) is 0.241. The molecule has 6 nitrogen and oxygen atoms in total. The van der Waals surface area contributed by atoms with Gasteiger partial charge in [-0.25, -0.2) is 9.69 Å². The van der Waals surface area contributed by atoms with Crippen molar-refractivity contribution in [2.24, 2.45) is 5.92 Å². The second kappa shape index (κ2) is 6.83. The average Bonchev–Trinajstić information content (AvgIpc) is 3.43. The molecular formula is C19H25ClN4O2. The Hall–Kier alpha value is -1.63. The van der Waals surface area contributed by atoms with Gasteiger partial charge in [0.15, 0.2) is 0 Å². The molecule has 2 saturated heterocycles. The predicted molar refractivity (Wildman–Crippen MR) is 99.7 cm³/mol. The van der Waals surface area contributed by atoms with Crippen molar-refractivity contribution in [1.29, 1.82) is 0 Å². The van der Waals surface area contributed by atoms with E-state index < -0.39 is 5.54 Å². The lowest BCUT2D eigenvalue weighted by molar-refractivity contribution is -0.133. The number of carbonyl (C=O) groups is 2. The van der Waals surface area contributed by atoms with Crippen LogP contribution >= 0.6 is 11.6 Å². The topological polar surface area (TPSA) is 55.9 Å². The van der Waals surface area contributed by atoms with Crippen molar-refractivity contribution in [2.75, 3.05) is 32.8 Å². The van der Waals surface area contributed by atoms with Crippen molar-refractivity contribution in [1.82, 2.24) is 20.0 Å². The molecule has 26 heavy (non-hydrogen) atoms. The van der Waals surface area contributed by atoms with Gasteiger partial charge < -0.3 is 5.32 Å². The maximum Gasteiger partial charge on any atom is 0.326 e. The Balaban J connectivity index is 1.30. The van der Waals surface area contributed by atoms with Gasteiger partial charge >= 0.3 is 6.03 Å². The third-order valence-electron chi connectivity index (χ3n) is 5.80. The van der Waals surface area contributed by atoms with Crippen LogP contribution in [0.3, 0.4) is 0 Å². The van der Waals surface area contributed by atoms with Gasteiger partial charge in [0.25, 0.3) is 5.91 Å². The fourth-order valence-electron chi connectivity index (χ4n) is 3.96. The molecule has 0 spiro atoms. The lowest BCUT2D eigenvalue weighted by Gasteiger charge is -2.36. The Morgan fingerprint density at radius 1 is 1.15 bits per heavy atom. The summed E-state index contributed by atoms with van der Waals surface area (Å²) in [7, 11) is 0. The summed E-state index contributed by atoms with van der Waals surface area (Å²) in [6, 6.07) is 7.70. The third-order valence-corrected chi connectivity index (χ3v) is 6.03. The van der Waals surface area contributed by atoms with Crippen molar-refractivity contribution in [3.63, 3.8) is 0 Å². The first kappa shape index (κ1) is 17.8. The zero-order valence-corrected chi connectivity index (χ0v) is 15.8. The fourth-order valence-corrected chi connectivity index (χ4v) is 4.18. The van der Waals surface area contributed by atoms with E-state index in [1.54, 1.807) is 0 Å². The maximum atomic E-state index is 12.7. The number of halogens is 1. The molecule has 1 atom stereocenters. The maximum absolute atomic E-state index is 12.7. The minimum Gasteiger partial charge on any atom is -0.323 e. The van der Waals surface area contributed by atoms with Gasteiger partial charge in [-0.1, -0.05) is 23.7 Å². The quantitative estimate of drug-likeness (QED) is 0.800. The summed E-state index contributed by atoms with van der Waals surface area (Å²) >= 11 is 6.06. The van der Waals surface area contributed by atoms with E-state index in [1.165, 1.54) is 10.5 Å². The van der Waals surface area contributed by atoms with Crippen LogP contribution < -0.4 is 5.32 Å². The molecule has 0 unspecified atom stereocenters. The molecule has 1 aromatic rings. The van der Waals surface area contributed by atoms with Gasteiger partial charge in [0, 0.05) is 37.7 Å². The first-order chi connectivity index (χ1) is 12.5. The Kier molecular flexibility index (Phi) is 4.67.